The van der Waals surface area contributed by atoms with Gasteiger partial charge in [0.2, 0.25) is 0 Å². The summed E-state index contributed by atoms with van der Waals surface area (Å²) in [7, 11) is 0. The van der Waals surface area contributed by atoms with Gasteiger partial charge in [-0.05, 0) is 49.7 Å². The maximum Gasteiger partial charge on any atom is 0.255 e. The highest BCUT2D eigenvalue weighted by Crippen LogP contribution is 2.15. The molecule has 1 amide bonds. The Morgan fingerprint density at radius 1 is 1.04 bits per heavy atom. The Morgan fingerprint density at radius 3 is 2.46 bits per heavy atom. The van der Waals surface area contributed by atoms with Crippen molar-refractivity contribution in [1.82, 2.24) is 19.6 Å². The van der Waals surface area contributed by atoms with Gasteiger partial charge >= 0.3 is 0 Å². The van der Waals surface area contributed by atoms with Crippen molar-refractivity contribution in [2.24, 2.45) is 0 Å². The van der Waals surface area contributed by atoms with Crippen molar-refractivity contribution in [1.29, 1.82) is 0 Å². The van der Waals surface area contributed by atoms with E-state index >= 15 is 0 Å². The highest BCUT2D eigenvalue weighted by Gasteiger charge is 2.09. The second kappa shape index (κ2) is 7.52. The number of nitrogens with one attached hydrogen (secondary N) is 1. The van der Waals surface area contributed by atoms with Crippen LogP contribution in [-0.2, 0) is 6.54 Å². The molecule has 4 rings (SSSR count). The van der Waals surface area contributed by atoms with E-state index in [2.05, 4.69) is 15.5 Å². The number of nitrogens with zero attached hydrogens (tertiary/aromatic N) is 4. The topological polar surface area (TPSA) is 64.7 Å². The molecule has 140 valence electrons. The molecule has 0 spiro atoms. The zero-order valence-electron chi connectivity index (χ0n) is 15.8. The number of aryl methyl sites for hydroxylation is 2. The van der Waals surface area contributed by atoms with Crippen LogP contribution in [0.1, 0.15) is 27.3 Å². The average Bonchev–Trinajstić information content (AvgIpc) is 3.28. The minimum atomic E-state index is -0.167. The number of aromatic nitrogens is 4. The van der Waals surface area contributed by atoms with E-state index < -0.39 is 0 Å². The molecule has 2 aromatic heterocycles. The molecule has 1 N–H and O–H groups in total. The number of benzene rings is 2. The predicted molar refractivity (Wildman–Crippen MR) is 109 cm³/mol. The second-order valence-electron chi connectivity index (χ2n) is 6.75. The molecular weight excluding hydrogens is 350 g/mol. The summed E-state index contributed by atoms with van der Waals surface area (Å²) in [6, 6.07) is 19.5. The lowest BCUT2D eigenvalue weighted by Crippen LogP contribution is -2.11. The van der Waals surface area contributed by atoms with E-state index in [1.165, 1.54) is 0 Å². The quantitative estimate of drug-likeness (QED) is 0.577. The van der Waals surface area contributed by atoms with Crippen molar-refractivity contribution >= 4 is 11.6 Å². The Labute approximate surface area is 163 Å². The molecular formula is C22H21N5O. The van der Waals surface area contributed by atoms with Crippen molar-refractivity contribution in [3.63, 3.8) is 0 Å². The van der Waals surface area contributed by atoms with Crippen molar-refractivity contribution in [2.75, 3.05) is 5.32 Å². The van der Waals surface area contributed by atoms with E-state index in [9.17, 15) is 4.79 Å². The van der Waals surface area contributed by atoms with Crippen LogP contribution in [0.2, 0.25) is 0 Å². The van der Waals surface area contributed by atoms with Crippen molar-refractivity contribution in [2.45, 2.75) is 20.4 Å². The minimum Gasteiger partial charge on any atom is -0.319 e. The Bertz CT molecular complexity index is 1090. The molecule has 6 heteroatoms. The van der Waals surface area contributed by atoms with Crippen LogP contribution in [-0.4, -0.2) is 25.5 Å². The number of rotatable bonds is 5. The molecule has 0 bridgehead atoms. The van der Waals surface area contributed by atoms with Crippen LogP contribution in [0.25, 0.3) is 5.69 Å². The van der Waals surface area contributed by atoms with Gasteiger partial charge in [-0.15, -0.1) is 0 Å². The lowest BCUT2D eigenvalue weighted by molar-refractivity contribution is 0.102. The van der Waals surface area contributed by atoms with Crippen LogP contribution in [0, 0.1) is 13.8 Å². The summed E-state index contributed by atoms with van der Waals surface area (Å²) in [5, 5.41) is 11.7. The van der Waals surface area contributed by atoms with Gasteiger partial charge in [0, 0.05) is 17.5 Å². The van der Waals surface area contributed by atoms with Gasteiger partial charge in [-0.1, -0.05) is 30.3 Å². The monoisotopic (exact) mass is 371 g/mol. The Kier molecular flexibility index (Phi) is 4.76. The fraction of sp³-hybridized carbons (Fsp3) is 0.136. The van der Waals surface area contributed by atoms with Gasteiger partial charge < -0.3 is 5.32 Å². The first-order chi connectivity index (χ1) is 13.6. The first-order valence-electron chi connectivity index (χ1n) is 9.10. The van der Waals surface area contributed by atoms with Gasteiger partial charge in [-0.25, -0.2) is 4.68 Å². The Hall–Kier alpha value is -3.67. The summed E-state index contributed by atoms with van der Waals surface area (Å²) >= 11 is 0. The lowest BCUT2D eigenvalue weighted by atomic mass is 10.2. The van der Waals surface area contributed by atoms with E-state index in [1.807, 2.05) is 73.3 Å². The van der Waals surface area contributed by atoms with Crippen molar-refractivity contribution in [3.8, 4) is 5.69 Å². The Morgan fingerprint density at radius 2 is 1.79 bits per heavy atom. The molecule has 0 atom stereocenters. The second-order valence-corrected chi connectivity index (χ2v) is 6.75. The minimum absolute atomic E-state index is 0.167. The van der Waals surface area contributed by atoms with Crippen LogP contribution in [0.3, 0.4) is 0 Å². The largest absolute Gasteiger partial charge is 0.319 e. The molecule has 0 aliphatic rings. The molecule has 0 radical (unpaired) electrons. The summed E-state index contributed by atoms with van der Waals surface area (Å²) < 4.78 is 3.67. The zero-order chi connectivity index (χ0) is 19.5. The Balaban J connectivity index is 1.43. The van der Waals surface area contributed by atoms with Crippen LogP contribution in [0.5, 0.6) is 0 Å². The predicted octanol–water partition coefficient (Wildman–Crippen LogP) is 3.99. The smallest absolute Gasteiger partial charge is 0.255 e. The van der Waals surface area contributed by atoms with Crippen LogP contribution < -0.4 is 5.32 Å². The van der Waals surface area contributed by atoms with Gasteiger partial charge in [0.25, 0.3) is 5.91 Å². The SMILES string of the molecule is Cc1cc(C)n(-c2ccc(C(=O)Nc3cnn(Cc4ccccc4)c3)cc2)n1. The summed E-state index contributed by atoms with van der Waals surface area (Å²) in [5.41, 5.74) is 5.36. The fourth-order valence-electron chi connectivity index (χ4n) is 3.13. The number of hydrogen-bond acceptors (Lipinski definition) is 3. The molecule has 0 aliphatic carbocycles. The van der Waals surface area contributed by atoms with Crippen LogP contribution in [0.15, 0.2) is 73.1 Å². The molecule has 28 heavy (non-hydrogen) atoms. The molecule has 2 heterocycles. The van der Waals surface area contributed by atoms with Gasteiger partial charge in [0.15, 0.2) is 0 Å². The van der Waals surface area contributed by atoms with Gasteiger partial charge in [0.05, 0.1) is 29.8 Å². The summed E-state index contributed by atoms with van der Waals surface area (Å²) in [4.78, 5) is 12.5. The van der Waals surface area contributed by atoms with E-state index in [1.54, 1.807) is 23.0 Å². The molecule has 6 nitrogen and oxygen atoms in total. The normalized spacial score (nSPS) is 10.8. The maximum absolute atomic E-state index is 12.5. The van der Waals surface area contributed by atoms with Gasteiger partial charge in [-0.3, -0.25) is 9.48 Å². The first kappa shape index (κ1) is 17.7. The number of carbonyl (C=O) groups is 1. The molecule has 4 aromatic rings. The third kappa shape index (κ3) is 3.86. The van der Waals surface area contributed by atoms with E-state index in [0.29, 0.717) is 17.8 Å². The van der Waals surface area contributed by atoms with E-state index in [4.69, 9.17) is 0 Å². The molecule has 0 aliphatic heterocycles. The fourth-order valence-corrected chi connectivity index (χ4v) is 3.13. The van der Waals surface area contributed by atoms with Crippen LogP contribution >= 0.6 is 0 Å². The molecule has 2 aromatic carbocycles. The zero-order valence-corrected chi connectivity index (χ0v) is 15.8. The molecule has 0 saturated heterocycles. The summed E-state index contributed by atoms with van der Waals surface area (Å²) in [6.45, 7) is 4.63. The highest BCUT2D eigenvalue weighted by atomic mass is 16.1. The number of hydrogen-bond donors (Lipinski definition) is 1. The van der Waals surface area contributed by atoms with Crippen LogP contribution in [0.4, 0.5) is 5.69 Å². The summed E-state index contributed by atoms with van der Waals surface area (Å²) in [5.74, 6) is -0.167. The lowest BCUT2D eigenvalue weighted by Gasteiger charge is -2.06. The first-order valence-corrected chi connectivity index (χ1v) is 9.10. The van der Waals surface area contributed by atoms with E-state index in [-0.39, 0.29) is 5.91 Å². The third-order valence-corrected chi connectivity index (χ3v) is 4.46. The molecule has 0 saturated carbocycles. The summed E-state index contributed by atoms with van der Waals surface area (Å²) in [6.07, 6.45) is 3.49. The molecule has 0 fully saturated rings. The number of anilines is 1. The highest BCUT2D eigenvalue weighted by molar-refractivity contribution is 6.04. The molecule has 0 unspecified atom stereocenters. The standard InChI is InChI=1S/C22H21N5O/c1-16-12-17(2)27(25-16)21-10-8-19(9-11-21)22(28)24-20-13-23-26(15-20)14-18-6-4-3-5-7-18/h3-13,15H,14H2,1-2H3,(H,24,28). The van der Waals surface area contributed by atoms with Gasteiger partial charge in [0.1, 0.15) is 0 Å². The van der Waals surface area contributed by atoms with E-state index in [0.717, 1.165) is 22.6 Å². The van der Waals surface area contributed by atoms with Crippen molar-refractivity contribution < 1.29 is 4.79 Å². The third-order valence-electron chi connectivity index (χ3n) is 4.46. The maximum atomic E-state index is 12.5. The van der Waals surface area contributed by atoms with Crippen molar-refractivity contribution in [3.05, 3.63) is 95.6 Å². The number of amides is 1. The number of carbonyl (C=O) groups excluding carboxylic acids is 1. The average molecular weight is 371 g/mol. The van der Waals surface area contributed by atoms with Gasteiger partial charge in [-0.2, -0.15) is 10.2 Å².